The number of para-hydroxylation sites is 1. The third-order valence-corrected chi connectivity index (χ3v) is 2.03. The molecule has 0 saturated carbocycles. The van der Waals surface area contributed by atoms with Crippen LogP contribution in [-0.2, 0) is 4.74 Å². The molecule has 0 aliphatic rings. The standard InChI is InChI=1S/C13H19N3O.HI/c1-2-3-10-17-11-9-15-13(14)16-12-7-5-4-6-8-12;/h2,4-8H,1,3,9-11H2,(H3,14,15,16);1H. The molecule has 0 bridgehead atoms. The number of halogens is 1. The molecule has 1 aromatic carbocycles. The summed E-state index contributed by atoms with van der Waals surface area (Å²) in [6.07, 6.45) is 2.69. The maximum atomic E-state index is 5.71. The van der Waals surface area contributed by atoms with Crippen molar-refractivity contribution in [3.05, 3.63) is 43.0 Å². The summed E-state index contributed by atoms with van der Waals surface area (Å²) in [6, 6.07) is 9.69. The van der Waals surface area contributed by atoms with Gasteiger partial charge in [0.25, 0.3) is 0 Å². The fraction of sp³-hybridized carbons (Fsp3) is 0.308. The molecule has 0 unspecified atom stereocenters. The Kier molecular flexibility index (Phi) is 10.4. The SMILES string of the molecule is C=CCCOCCN=C(N)Nc1ccccc1.I. The number of hydrogen-bond donors (Lipinski definition) is 2. The quantitative estimate of drug-likeness (QED) is 0.258. The highest BCUT2D eigenvalue weighted by Gasteiger charge is 1.92. The van der Waals surface area contributed by atoms with Crippen molar-refractivity contribution in [3.63, 3.8) is 0 Å². The number of nitrogens with zero attached hydrogens (tertiary/aromatic N) is 1. The van der Waals surface area contributed by atoms with E-state index in [9.17, 15) is 0 Å². The Morgan fingerprint density at radius 3 is 2.72 bits per heavy atom. The Morgan fingerprint density at radius 2 is 2.06 bits per heavy atom. The number of nitrogens with two attached hydrogens (primary N) is 1. The molecule has 100 valence electrons. The minimum absolute atomic E-state index is 0. The van der Waals surface area contributed by atoms with Gasteiger partial charge in [-0.1, -0.05) is 24.3 Å². The molecule has 0 aliphatic carbocycles. The van der Waals surface area contributed by atoms with Crippen molar-refractivity contribution in [2.24, 2.45) is 10.7 Å². The van der Waals surface area contributed by atoms with Crippen LogP contribution in [0.5, 0.6) is 0 Å². The van der Waals surface area contributed by atoms with E-state index in [0.717, 1.165) is 12.1 Å². The van der Waals surface area contributed by atoms with Gasteiger partial charge in [0.15, 0.2) is 5.96 Å². The van der Waals surface area contributed by atoms with E-state index in [-0.39, 0.29) is 24.0 Å². The Labute approximate surface area is 125 Å². The van der Waals surface area contributed by atoms with E-state index >= 15 is 0 Å². The molecule has 3 N–H and O–H groups in total. The van der Waals surface area contributed by atoms with Crippen LogP contribution in [0.3, 0.4) is 0 Å². The minimum atomic E-state index is 0. The summed E-state index contributed by atoms with van der Waals surface area (Å²) in [5.41, 5.74) is 6.65. The fourth-order valence-electron chi connectivity index (χ4n) is 1.21. The van der Waals surface area contributed by atoms with Crippen molar-refractivity contribution in [2.45, 2.75) is 6.42 Å². The van der Waals surface area contributed by atoms with Crippen LogP contribution in [0, 0.1) is 0 Å². The van der Waals surface area contributed by atoms with Gasteiger partial charge < -0.3 is 15.8 Å². The van der Waals surface area contributed by atoms with Gasteiger partial charge in [-0.3, -0.25) is 4.99 Å². The second kappa shape index (κ2) is 11.0. The second-order valence-corrected chi connectivity index (χ2v) is 3.45. The average molecular weight is 361 g/mol. The van der Waals surface area contributed by atoms with E-state index in [1.807, 2.05) is 36.4 Å². The minimum Gasteiger partial charge on any atom is -0.379 e. The molecule has 4 nitrogen and oxygen atoms in total. The van der Waals surface area contributed by atoms with Gasteiger partial charge in [0.2, 0.25) is 0 Å². The first-order valence-corrected chi connectivity index (χ1v) is 5.63. The Bertz CT molecular complexity index is 355. The molecule has 0 aliphatic heterocycles. The Balaban J connectivity index is 0.00000289. The molecule has 0 spiro atoms. The fourth-order valence-corrected chi connectivity index (χ4v) is 1.21. The highest BCUT2D eigenvalue weighted by atomic mass is 127. The largest absolute Gasteiger partial charge is 0.379 e. The van der Waals surface area contributed by atoms with Crippen molar-refractivity contribution in [1.82, 2.24) is 0 Å². The number of ether oxygens (including phenoxy) is 1. The predicted octanol–water partition coefficient (Wildman–Crippen LogP) is 2.62. The van der Waals surface area contributed by atoms with Crippen LogP contribution in [0.25, 0.3) is 0 Å². The maximum Gasteiger partial charge on any atom is 0.193 e. The molecule has 0 radical (unpaired) electrons. The molecular formula is C13H20IN3O. The van der Waals surface area contributed by atoms with E-state index < -0.39 is 0 Å². The zero-order valence-corrected chi connectivity index (χ0v) is 12.7. The zero-order chi connectivity index (χ0) is 12.3. The van der Waals surface area contributed by atoms with E-state index in [1.165, 1.54) is 0 Å². The molecular weight excluding hydrogens is 341 g/mol. The number of anilines is 1. The third kappa shape index (κ3) is 8.08. The number of rotatable bonds is 7. The first kappa shape index (κ1) is 16.9. The molecule has 0 aromatic heterocycles. The molecule has 0 atom stereocenters. The first-order chi connectivity index (χ1) is 8.33. The molecule has 0 heterocycles. The van der Waals surface area contributed by atoms with Crippen LogP contribution < -0.4 is 11.1 Å². The lowest BCUT2D eigenvalue weighted by molar-refractivity contribution is 0.146. The van der Waals surface area contributed by atoms with Crippen molar-refractivity contribution < 1.29 is 4.74 Å². The number of nitrogens with one attached hydrogen (secondary N) is 1. The van der Waals surface area contributed by atoms with Gasteiger partial charge in [0, 0.05) is 5.69 Å². The van der Waals surface area contributed by atoms with E-state index in [2.05, 4.69) is 16.9 Å². The molecule has 0 saturated heterocycles. The number of aliphatic imine (C=N–C) groups is 1. The predicted molar refractivity (Wildman–Crippen MR) is 87.6 cm³/mol. The topological polar surface area (TPSA) is 59.6 Å². The summed E-state index contributed by atoms with van der Waals surface area (Å²) in [4.78, 5) is 4.15. The van der Waals surface area contributed by atoms with Gasteiger partial charge in [0.05, 0.1) is 19.8 Å². The number of hydrogen-bond acceptors (Lipinski definition) is 2. The van der Waals surface area contributed by atoms with Crippen molar-refractivity contribution in [2.75, 3.05) is 25.1 Å². The lowest BCUT2D eigenvalue weighted by atomic mass is 10.3. The molecule has 1 rings (SSSR count). The van der Waals surface area contributed by atoms with Crippen molar-refractivity contribution in [1.29, 1.82) is 0 Å². The summed E-state index contributed by atoms with van der Waals surface area (Å²) in [5.74, 6) is 0.406. The van der Waals surface area contributed by atoms with Gasteiger partial charge in [-0.2, -0.15) is 0 Å². The highest BCUT2D eigenvalue weighted by Crippen LogP contribution is 2.03. The molecule has 1 aromatic rings. The van der Waals surface area contributed by atoms with Crippen LogP contribution in [0.2, 0.25) is 0 Å². The zero-order valence-electron chi connectivity index (χ0n) is 10.3. The van der Waals surface area contributed by atoms with Crippen molar-refractivity contribution in [3.8, 4) is 0 Å². The summed E-state index contributed by atoms with van der Waals surface area (Å²) in [5, 5.41) is 3.00. The normalized spacial score (nSPS) is 10.6. The van der Waals surface area contributed by atoms with Gasteiger partial charge in [0.1, 0.15) is 0 Å². The van der Waals surface area contributed by atoms with Gasteiger partial charge in [-0.15, -0.1) is 30.6 Å². The van der Waals surface area contributed by atoms with Gasteiger partial charge in [-0.25, -0.2) is 0 Å². The van der Waals surface area contributed by atoms with Gasteiger partial charge >= 0.3 is 0 Å². The number of guanidine groups is 1. The molecule has 0 amide bonds. The molecule has 18 heavy (non-hydrogen) atoms. The second-order valence-electron chi connectivity index (χ2n) is 3.45. The van der Waals surface area contributed by atoms with Gasteiger partial charge in [-0.05, 0) is 18.6 Å². The van der Waals surface area contributed by atoms with Crippen LogP contribution in [0.1, 0.15) is 6.42 Å². The van der Waals surface area contributed by atoms with Crippen LogP contribution in [0.4, 0.5) is 5.69 Å². The Morgan fingerprint density at radius 1 is 1.33 bits per heavy atom. The van der Waals surface area contributed by atoms with E-state index in [0.29, 0.717) is 25.7 Å². The first-order valence-electron chi connectivity index (χ1n) is 5.63. The van der Waals surface area contributed by atoms with Crippen LogP contribution in [0.15, 0.2) is 48.0 Å². The number of benzene rings is 1. The maximum absolute atomic E-state index is 5.71. The summed E-state index contributed by atoms with van der Waals surface area (Å²) in [6.45, 7) is 5.43. The lowest BCUT2D eigenvalue weighted by Crippen LogP contribution is -2.23. The molecule has 5 heteroatoms. The Hall–Kier alpha value is -1.08. The van der Waals surface area contributed by atoms with Crippen LogP contribution >= 0.6 is 24.0 Å². The summed E-state index contributed by atoms with van der Waals surface area (Å²) >= 11 is 0. The smallest absolute Gasteiger partial charge is 0.193 e. The van der Waals surface area contributed by atoms with Crippen molar-refractivity contribution >= 4 is 35.6 Å². The van der Waals surface area contributed by atoms with E-state index in [4.69, 9.17) is 10.5 Å². The molecule has 0 fully saturated rings. The lowest BCUT2D eigenvalue weighted by Gasteiger charge is -2.05. The summed E-state index contributed by atoms with van der Waals surface area (Å²) in [7, 11) is 0. The van der Waals surface area contributed by atoms with E-state index in [1.54, 1.807) is 0 Å². The monoisotopic (exact) mass is 361 g/mol. The summed E-state index contributed by atoms with van der Waals surface area (Å²) < 4.78 is 5.31. The average Bonchev–Trinajstić information content (AvgIpc) is 2.35. The highest BCUT2D eigenvalue weighted by molar-refractivity contribution is 14.0. The van der Waals surface area contributed by atoms with Crippen LogP contribution in [-0.4, -0.2) is 25.7 Å². The third-order valence-electron chi connectivity index (χ3n) is 2.03.